The number of rotatable bonds is 12. The largest absolute Gasteiger partial charge is 0.469 e. The molecule has 10 heteroatoms. The van der Waals surface area contributed by atoms with Crippen LogP contribution in [0.15, 0.2) is 69.2 Å². The van der Waals surface area contributed by atoms with Gasteiger partial charge in [-0.25, -0.2) is 13.1 Å². The standard InChI is InChI=1S/C30H37N3O6S/c1-19-11-13-25(14-12-19)40(35,36)33-27(21(3)9-8-10-29(34)37-7)18-31-38-24(6)28-17-26(32-39-28)30-22(4)15-20(2)16-23(30)5/h8-9,11-18,21,24,27,33H,10H2,1-7H3/t21-,24+,27-/m1/s1. The molecule has 1 aromatic heterocycles. The van der Waals surface area contributed by atoms with Crippen LogP contribution < -0.4 is 4.72 Å². The van der Waals surface area contributed by atoms with Gasteiger partial charge < -0.3 is 14.1 Å². The minimum Gasteiger partial charge on any atom is -0.469 e. The number of aromatic nitrogens is 1. The van der Waals surface area contributed by atoms with E-state index in [4.69, 9.17) is 9.36 Å². The van der Waals surface area contributed by atoms with Gasteiger partial charge in [0, 0.05) is 11.6 Å². The number of nitrogens with one attached hydrogen (secondary N) is 1. The van der Waals surface area contributed by atoms with E-state index in [1.165, 1.54) is 18.9 Å². The molecule has 0 amide bonds. The molecule has 0 aliphatic heterocycles. The Morgan fingerprint density at radius 1 is 1.05 bits per heavy atom. The highest BCUT2D eigenvalue weighted by molar-refractivity contribution is 7.89. The lowest BCUT2D eigenvalue weighted by Crippen LogP contribution is -2.40. The Labute approximate surface area is 236 Å². The van der Waals surface area contributed by atoms with Crippen LogP contribution in [0.4, 0.5) is 0 Å². The van der Waals surface area contributed by atoms with E-state index < -0.39 is 28.1 Å². The molecule has 3 rings (SSSR count). The predicted molar refractivity (Wildman–Crippen MR) is 154 cm³/mol. The molecule has 3 atom stereocenters. The van der Waals surface area contributed by atoms with Gasteiger partial charge in [0.25, 0.3) is 0 Å². The van der Waals surface area contributed by atoms with Crippen molar-refractivity contribution in [1.29, 1.82) is 0 Å². The van der Waals surface area contributed by atoms with Crippen molar-refractivity contribution in [2.75, 3.05) is 7.11 Å². The van der Waals surface area contributed by atoms with Crippen LogP contribution in [0.2, 0.25) is 0 Å². The van der Waals surface area contributed by atoms with E-state index in [0.717, 1.165) is 22.3 Å². The van der Waals surface area contributed by atoms with Gasteiger partial charge in [-0.1, -0.05) is 64.8 Å². The Morgan fingerprint density at radius 3 is 2.33 bits per heavy atom. The molecule has 0 saturated carbocycles. The van der Waals surface area contributed by atoms with Crippen molar-refractivity contribution in [3.8, 4) is 11.3 Å². The average Bonchev–Trinajstić information content (AvgIpc) is 3.37. The highest BCUT2D eigenvalue weighted by Crippen LogP contribution is 2.30. The fourth-order valence-corrected chi connectivity index (χ4v) is 5.51. The second-order valence-electron chi connectivity index (χ2n) is 9.92. The first-order valence-electron chi connectivity index (χ1n) is 13.0. The average molecular weight is 568 g/mol. The van der Waals surface area contributed by atoms with Gasteiger partial charge in [0.05, 0.1) is 30.7 Å². The summed E-state index contributed by atoms with van der Waals surface area (Å²) in [6.07, 6.45) is 4.23. The van der Waals surface area contributed by atoms with E-state index in [1.54, 1.807) is 50.3 Å². The lowest BCUT2D eigenvalue weighted by Gasteiger charge is -2.19. The van der Waals surface area contributed by atoms with Crippen LogP contribution in [0.1, 0.15) is 54.4 Å². The Kier molecular flexibility index (Phi) is 10.4. The number of hydrogen-bond acceptors (Lipinski definition) is 8. The molecule has 0 aliphatic rings. The van der Waals surface area contributed by atoms with Crippen molar-refractivity contribution < 1.29 is 27.3 Å². The maximum atomic E-state index is 13.1. The van der Waals surface area contributed by atoms with Crippen LogP contribution in [0.5, 0.6) is 0 Å². The van der Waals surface area contributed by atoms with Crippen LogP contribution >= 0.6 is 0 Å². The normalized spacial score (nSPS) is 14.4. The SMILES string of the molecule is COC(=O)CC=C[C@@H](C)[C@@H](C=NO[C@@H](C)c1cc(-c2c(C)cc(C)cc2C)no1)NS(=O)(=O)c1ccc(C)cc1. The molecule has 2 aromatic carbocycles. The summed E-state index contributed by atoms with van der Waals surface area (Å²) in [6, 6.07) is 11.8. The van der Waals surface area contributed by atoms with E-state index in [2.05, 4.69) is 38.8 Å². The summed E-state index contributed by atoms with van der Waals surface area (Å²) in [5.74, 6) is -0.278. The van der Waals surface area contributed by atoms with E-state index in [-0.39, 0.29) is 17.2 Å². The Balaban J connectivity index is 1.77. The smallest absolute Gasteiger partial charge is 0.309 e. The third kappa shape index (κ3) is 8.12. The van der Waals surface area contributed by atoms with E-state index in [0.29, 0.717) is 11.5 Å². The van der Waals surface area contributed by atoms with Crippen molar-refractivity contribution in [2.24, 2.45) is 11.1 Å². The molecule has 214 valence electrons. The summed E-state index contributed by atoms with van der Waals surface area (Å²) in [7, 11) is -2.55. The molecule has 0 saturated heterocycles. The number of sulfonamides is 1. The molecule has 1 N–H and O–H groups in total. The second kappa shape index (κ2) is 13.5. The fraction of sp³-hybridized carbons (Fsp3) is 0.367. The van der Waals surface area contributed by atoms with Crippen molar-refractivity contribution in [3.05, 3.63) is 82.6 Å². The molecule has 1 heterocycles. The minimum atomic E-state index is -3.86. The minimum absolute atomic E-state index is 0.0662. The number of benzene rings is 2. The zero-order chi connectivity index (χ0) is 29.4. The number of oxime groups is 1. The molecular weight excluding hydrogens is 530 g/mol. The molecule has 0 unspecified atom stereocenters. The number of methoxy groups -OCH3 is 1. The van der Waals surface area contributed by atoms with Crippen LogP contribution in [0.25, 0.3) is 11.3 Å². The van der Waals surface area contributed by atoms with Crippen LogP contribution in [0, 0.1) is 33.6 Å². The topological polar surface area (TPSA) is 120 Å². The van der Waals surface area contributed by atoms with Crippen molar-refractivity contribution in [1.82, 2.24) is 9.88 Å². The van der Waals surface area contributed by atoms with E-state index >= 15 is 0 Å². The number of hydrogen-bond donors (Lipinski definition) is 1. The molecule has 0 radical (unpaired) electrons. The molecule has 9 nitrogen and oxygen atoms in total. The summed E-state index contributed by atoms with van der Waals surface area (Å²) >= 11 is 0. The number of carbonyl (C=O) groups excluding carboxylic acids is 1. The first-order valence-corrected chi connectivity index (χ1v) is 14.5. The van der Waals surface area contributed by atoms with Gasteiger partial charge >= 0.3 is 5.97 Å². The number of carbonyl (C=O) groups is 1. The third-order valence-electron chi connectivity index (χ3n) is 6.44. The van der Waals surface area contributed by atoms with E-state index in [9.17, 15) is 13.2 Å². The van der Waals surface area contributed by atoms with Crippen LogP contribution in [0.3, 0.4) is 0 Å². The maximum absolute atomic E-state index is 13.1. The Morgan fingerprint density at radius 2 is 1.70 bits per heavy atom. The van der Waals surface area contributed by atoms with Crippen LogP contribution in [-0.2, 0) is 24.4 Å². The van der Waals surface area contributed by atoms with Crippen molar-refractivity contribution >= 4 is 22.2 Å². The quantitative estimate of drug-likeness (QED) is 0.128. The van der Waals surface area contributed by atoms with Gasteiger partial charge in [0.15, 0.2) is 11.9 Å². The monoisotopic (exact) mass is 567 g/mol. The van der Waals surface area contributed by atoms with Gasteiger partial charge in [-0.2, -0.15) is 0 Å². The Bertz CT molecular complexity index is 1450. The number of ether oxygens (including phenoxy) is 1. The molecule has 40 heavy (non-hydrogen) atoms. The molecule has 0 bridgehead atoms. The maximum Gasteiger partial charge on any atom is 0.309 e. The molecular formula is C30H37N3O6S. The van der Waals surface area contributed by atoms with Crippen molar-refractivity contribution in [3.63, 3.8) is 0 Å². The summed E-state index contributed by atoms with van der Waals surface area (Å²) < 4.78 is 39.0. The summed E-state index contributed by atoms with van der Waals surface area (Å²) in [6.45, 7) is 11.6. The third-order valence-corrected chi connectivity index (χ3v) is 7.92. The highest BCUT2D eigenvalue weighted by atomic mass is 32.2. The first kappa shape index (κ1) is 30.8. The Hall–Kier alpha value is -3.76. The highest BCUT2D eigenvalue weighted by Gasteiger charge is 2.23. The summed E-state index contributed by atoms with van der Waals surface area (Å²) in [5, 5.41) is 8.31. The first-order chi connectivity index (χ1) is 18.9. The summed E-state index contributed by atoms with van der Waals surface area (Å²) in [5.41, 5.74) is 6.04. The zero-order valence-corrected chi connectivity index (χ0v) is 24.8. The molecule has 0 spiro atoms. The lowest BCUT2D eigenvalue weighted by molar-refractivity contribution is -0.139. The van der Waals surface area contributed by atoms with Gasteiger partial charge in [-0.3, -0.25) is 4.79 Å². The lowest BCUT2D eigenvalue weighted by atomic mass is 9.97. The molecule has 3 aromatic rings. The molecule has 0 fully saturated rings. The summed E-state index contributed by atoms with van der Waals surface area (Å²) in [4.78, 5) is 17.3. The van der Waals surface area contributed by atoms with Crippen molar-refractivity contribution in [2.45, 2.75) is 65.0 Å². The van der Waals surface area contributed by atoms with Gasteiger partial charge in [-0.05, 0) is 63.8 Å². The van der Waals surface area contributed by atoms with Gasteiger partial charge in [0.1, 0.15) is 5.69 Å². The zero-order valence-electron chi connectivity index (χ0n) is 24.0. The van der Waals surface area contributed by atoms with Crippen LogP contribution in [-0.4, -0.2) is 38.9 Å². The predicted octanol–water partition coefficient (Wildman–Crippen LogP) is 5.74. The van der Waals surface area contributed by atoms with Gasteiger partial charge in [-0.15, -0.1) is 0 Å². The fourth-order valence-electron chi connectivity index (χ4n) is 4.25. The molecule has 0 aliphatic carbocycles. The number of aryl methyl sites for hydroxylation is 4. The van der Waals surface area contributed by atoms with Gasteiger partial charge in [0.2, 0.25) is 10.0 Å². The second-order valence-corrected chi connectivity index (χ2v) is 11.6. The number of esters is 1. The van der Waals surface area contributed by atoms with E-state index in [1.807, 2.05) is 26.8 Å². The number of nitrogens with zero attached hydrogens (tertiary/aromatic N) is 2.